The van der Waals surface area contributed by atoms with Gasteiger partial charge >= 0.3 is 0 Å². The van der Waals surface area contributed by atoms with Gasteiger partial charge in [-0.2, -0.15) is 0 Å². The van der Waals surface area contributed by atoms with Crippen LogP contribution in [-0.4, -0.2) is 0 Å². The van der Waals surface area contributed by atoms with Crippen molar-refractivity contribution < 1.29 is 0 Å². The Morgan fingerprint density at radius 3 is 2.86 bits per heavy atom. The topological polar surface area (TPSA) is 0 Å². The second-order valence-electron chi connectivity index (χ2n) is 5.32. The minimum atomic E-state index is 0.945. The third-order valence-corrected chi connectivity index (χ3v) is 4.03. The first-order valence-corrected chi connectivity index (χ1v) is 6.17. The molecule has 0 nitrogen and oxygen atoms in total. The van der Waals surface area contributed by atoms with Gasteiger partial charge in [-0.3, -0.25) is 0 Å². The van der Waals surface area contributed by atoms with E-state index in [2.05, 4.69) is 19.2 Å². The zero-order valence-electron chi connectivity index (χ0n) is 9.39. The van der Waals surface area contributed by atoms with Gasteiger partial charge in [0.1, 0.15) is 0 Å². The lowest BCUT2D eigenvalue weighted by Gasteiger charge is -2.14. The highest BCUT2D eigenvalue weighted by molar-refractivity contribution is 5.05. The minimum absolute atomic E-state index is 0.945. The van der Waals surface area contributed by atoms with E-state index in [0.29, 0.717) is 0 Å². The van der Waals surface area contributed by atoms with Crippen LogP contribution in [0.2, 0.25) is 0 Å². The van der Waals surface area contributed by atoms with E-state index in [4.69, 9.17) is 0 Å². The Labute approximate surface area is 88.1 Å². The molecule has 0 spiro atoms. The molecule has 0 bridgehead atoms. The number of allylic oxidation sites excluding steroid dienone is 1. The van der Waals surface area contributed by atoms with E-state index >= 15 is 0 Å². The normalized spacial score (nSPS) is 38.4. The minimum Gasteiger partial charge on any atom is -0.130 e. The van der Waals surface area contributed by atoms with Crippen LogP contribution in [-0.2, 0) is 0 Å². The number of hydrogen-bond acceptors (Lipinski definition) is 0. The van der Waals surface area contributed by atoms with Crippen LogP contribution in [0.25, 0.3) is 0 Å². The van der Waals surface area contributed by atoms with Crippen molar-refractivity contribution >= 4 is 0 Å². The van der Waals surface area contributed by atoms with Crippen LogP contribution < -0.4 is 0 Å². The molecule has 3 unspecified atom stereocenters. The van der Waals surface area contributed by atoms with Crippen molar-refractivity contribution in [3.63, 3.8) is 0 Å². The van der Waals surface area contributed by atoms with Crippen LogP contribution in [0, 0.1) is 17.8 Å². The van der Waals surface area contributed by atoms with Gasteiger partial charge in [0.15, 0.2) is 0 Å². The van der Waals surface area contributed by atoms with Crippen LogP contribution in [0.3, 0.4) is 0 Å². The summed E-state index contributed by atoms with van der Waals surface area (Å²) in [5.74, 6) is 3.00. The van der Waals surface area contributed by atoms with Crippen molar-refractivity contribution in [3.05, 3.63) is 17.9 Å². The first-order chi connectivity index (χ1) is 6.79. The first-order valence-electron chi connectivity index (χ1n) is 6.17. The Kier molecular flexibility index (Phi) is 3.13. The summed E-state index contributed by atoms with van der Waals surface area (Å²) in [5, 5.41) is 0. The summed E-state index contributed by atoms with van der Waals surface area (Å²) < 4.78 is 0. The van der Waals surface area contributed by atoms with E-state index in [-0.39, 0.29) is 0 Å². The average molecular weight is 190 g/mol. The second kappa shape index (κ2) is 4.36. The predicted octanol–water partition coefficient (Wildman–Crippen LogP) is 4.32. The maximum absolute atomic E-state index is 3.82. The van der Waals surface area contributed by atoms with Crippen molar-refractivity contribution in [2.75, 3.05) is 0 Å². The summed E-state index contributed by atoms with van der Waals surface area (Å²) in [4.78, 5) is 0. The standard InChI is InChI=1S/C14H22/c1-3-12-6-4-5-11(2)7-8-13-10-14(13)9-12/h11,13-14H,1,4-10H2,2H3. The lowest BCUT2D eigenvalue weighted by atomic mass is 9.92. The van der Waals surface area contributed by atoms with Crippen molar-refractivity contribution in [1.82, 2.24) is 0 Å². The molecule has 0 N–H and O–H groups in total. The lowest BCUT2D eigenvalue weighted by molar-refractivity contribution is 0.426. The quantitative estimate of drug-likeness (QED) is 0.499. The van der Waals surface area contributed by atoms with Crippen LogP contribution >= 0.6 is 0 Å². The Balaban J connectivity index is 1.94. The van der Waals surface area contributed by atoms with Gasteiger partial charge in [0.2, 0.25) is 0 Å². The van der Waals surface area contributed by atoms with Gasteiger partial charge in [0.05, 0.1) is 0 Å². The van der Waals surface area contributed by atoms with Gasteiger partial charge < -0.3 is 0 Å². The van der Waals surface area contributed by atoms with Gasteiger partial charge in [-0.05, 0) is 55.4 Å². The Morgan fingerprint density at radius 2 is 2.07 bits per heavy atom. The fourth-order valence-corrected chi connectivity index (χ4v) is 2.80. The SMILES string of the molecule is C=C=C1CCCC(C)CCC2CC2C1. The van der Waals surface area contributed by atoms with Crippen LogP contribution in [0.15, 0.2) is 17.9 Å². The van der Waals surface area contributed by atoms with E-state index < -0.39 is 0 Å². The highest BCUT2D eigenvalue weighted by Crippen LogP contribution is 2.47. The third kappa shape index (κ3) is 2.51. The van der Waals surface area contributed by atoms with Gasteiger partial charge in [0, 0.05) is 0 Å². The number of hydrogen-bond donors (Lipinski definition) is 0. The van der Waals surface area contributed by atoms with Crippen molar-refractivity contribution in [2.45, 2.75) is 51.9 Å². The zero-order chi connectivity index (χ0) is 9.97. The van der Waals surface area contributed by atoms with Gasteiger partial charge in [-0.1, -0.05) is 26.3 Å². The largest absolute Gasteiger partial charge is 0.130 e. The molecule has 0 amide bonds. The summed E-state index contributed by atoms with van der Waals surface area (Å²) in [6, 6.07) is 0. The fourth-order valence-electron chi connectivity index (χ4n) is 2.80. The monoisotopic (exact) mass is 190 g/mol. The molecule has 0 radical (unpaired) electrons. The van der Waals surface area contributed by atoms with Gasteiger partial charge in [-0.25, -0.2) is 0 Å². The van der Waals surface area contributed by atoms with E-state index in [1.807, 2.05) is 0 Å². The molecule has 0 heterocycles. The molecule has 0 aromatic heterocycles. The van der Waals surface area contributed by atoms with E-state index in [9.17, 15) is 0 Å². The Hall–Kier alpha value is -0.480. The lowest BCUT2D eigenvalue weighted by Crippen LogP contribution is -1.99. The van der Waals surface area contributed by atoms with Crippen molar-refractivity contribution in [2.24, 2.45) is 17.8 Å². The molecule has 0 heteroatoms. The predicted molar refractivity (Wildman–Crippen MR) is 61.1 cm³/mol. The smallest absolute Gasteiger partial charge is 0.0213 e. The molecule has 14 heavy (non-hydrogen) atoms. The molecule has 0 aromatic carbocycles. The molecular weight excluding hydrogens is 168 g/mol. The number of fused-ring (bicyclic) bond motifs is 1. The zero-order valence-corrected chi connectivity index (χ0v) is 9.39. The third-order valence-electron chi connectivity index (χ3n) is 4.03. The molecule has 0 saturated heterocycles. The molecule has 78 valence electrons. The second-order valence-corrected chi connectivity index (χ2v) is 5.32. The van der Waals surface area contributed by atoms with E-state index in [1.165, 1.54) is 50.5 Å². The molecule has 0 aromatic rings. The maximum Gasteiger partial charge on any atom is -0.0213 e. The highest BCUT2D eigenvalue weighted by Gasteiger charge is 2.37. The fraction of sp³-hybridized carbons (Fsp3) is 0.786. The molecule has 3 atom stereocenters. The summed E-state index contributed by atoms with van der Waals surface area (Å²) in [6.45, 7) is 6.23. The molecular formula is C14H22. The van der Waals surface area contributed by atoms with Crippen LogP contribution in [0.4, 0.5) is 0 Å². The average Bonchev–Trinajstić information content (AvgIpc) is 2.92. The van der Waals surface area contributed by atoms with Crippen LogP contribution in [0.5, 0.6) is 0 Å². The molecule has 2 aliphatic carbocycles. The maximum atomic E-state index is 3.82. The molecule has 2 fully saturated rings. The summed E-state index contributed by atoms with van der Waals surface area (Å²) in [6.07, 6.45) is 9.76. The molecule has 2 rings (SSSR count). The van der Waals surface area contributed by atoms with Crippen molar-refractivity contribution in [3.8, 4) is 0 Å². The van der Waals surface area contributed by atoms with E-state index in [1.54, 1.807) is 0 Å². The van der Waals surface area contributed by atoms with Crippen LogP contribution in [0.1, 0.15) is 51.9 Å². The molecule has 0 aliphatic heterocycles. The Bertz CT molecular complexity index is 245. The first kappa shape index (κ1) is 10.1. The summed E-state index contributed by atoms with van der Waals surface area (Å²) in [7, 11) is 0. The molecule has 2 saturated carbocycles. The van der Waals surface area contributed by atoms with E-state index in [0.717, 1.165) is 17.8 Å². The van der Waals surface area contributed by atoms with Crippen molar-refractivity contribution in [1.29, 1.82) is 0 Å². The summed E-state index contributed by atoms with van der Waals surface area (Å²) in [5.41, 5.74) is 4.66. The Morgan fingerprint density at radius 1 is 1.21 bits per heavy atom. The number of rotatable bonds is 0. The van der Waals surface area contributed by atoms with Gasteiger partial charge in [-0.15, -0.1) is 5.73 Å². The summed E-state index contributed by atoms with van der Waals surface area (Å²) >= 11 is 0. The molecule has 2 aliphatic rings. The van der Waals surface area contributed by atoms with Gasteiger partial charge in [0.25, 0.3) is 0 Å². The highest BCUT2D eigenvalue weighted by atomic mass is 14.4.